The third-order valence-corrected chi connectivity index (χ3v) is 4.47. The SMILES string of the molecule is O=C(O)C1CCCCN1c1nc(-c2ccccc2)cs1. The predicted octanol–water partition coefficient (Wildman–Crippen LogP) is 3.25. The molecule has 104 valence electrons. The minimum absolute atomic E-state index is 0.432. The third-order valence-electron chi connectivity index (χ3n) is 3.60. The van der Waals surface area contributed by atoms with Gasteiger partial charge in [0.05, 0.1) is 5.69 Å². The molecular weight excluding hydrogens is 272 g/mol. The van der Waals surface area contributed by atoms with E-state index in [1.807, 2.05) is 40.6 Å². The van der Waals surface area contributed by atoms with E-state index in [1.165, 1.54) is 11.3 Å². The van der Waals surface area contributed by atoms with Gasteiger partial charge < -0.3 is 10.0 Å². The molecule has 1 aliphatic heterocycles. The molecular formula is C15H16N2O2S. The van der Waals surface area contributed by atoms with Crippen LogP contribution in [0.3, 0.4) is 0 Å². The lowest BCUT2D eigenvalue weighted by Gasteiger charge is -2.32. The summed E-state index contributed by atoms with van der Waals surface area (Å²) in [5.41, 5.74) is 1.99. The Kier molecular flexibility index (Phi) is 3.69. The lowest BCUT2D eigenvalue weighted by atomic mass is 10.0. The number of rotatable bonds is 3. The maximum absolute atomic E-state index is 11.4. The fourth-order valence-corrected chi connectivity index (χ4v) is 3.47. The minimum atomic E-state index is -0.749. The molecule has 0 spiro atoms. The van der Waals surface area contributed by atoms with Gasteiger partial charge in [0.15, 0.2) is 5.13 Å². The summed E-state index contributed by atoms with van der Waals surface area (Å²) in [6.07, 6.45) is 2.71. The zero-order valence-corrected chi connectivity index (χ0v) is 11.8. The summed E-state index contributed by atoms with van der Waals surface area (Å²) in [4.78, 5) is 17.9. The fourth-order valence-electron chi connectivity index (χ4n) is 2.55. The molecule has 2 aromatic rings. The number of hydrogen-bond acceptors (Lipinski definition) is 4. The van der Waals surface area contributed by atoms with Crippen LogP contribution in [0.4, 0.5) is 5.13 Å². The molecule has 1 N–H and O–H groups in total. The van der Waals surface area contributed by atoms with Crippen LogP contribution in [0.2, 0.25) is 0 Å². The molecule has 20 heavy (non-hydrogen) atoms. The van der Waals surface area contributed by atoms with E-state index in [9.17, 15) is 9.90 Å². The number of carbonyl (C=O) groups is 1. The molecule has 0 saturated carbocycles. The van der Waals surface area contributed by atoms with Gasteiger partial charge >= 0.3 is 5.97 Å². The van der Waals surface area contributed by atoms with Gasteiger partial charge in [0.1, 0.15) is 6.04 Å². The van der Waals surface area contributed by atoms with E-state index in [-0.39, 0.29) is 0 Å². The first-order valence-corrected chi connectivity index (χ1v) is 7.64. The number of aromatic nitrogens is 1. The van der Waals surface area contributed by atoms with Crippen LogP contribution in [0.25, 0.3) is 11.3 Å². The minimum Gasteiger partial charge on any atom is -0.480 e. The monoisotopic (exact) mass is 288 g/mol. The summed E-state index contributed by atoms with van der Waals surface area (Å²) in [6.45, 7) is 0.776. The molecule has 1 aliphatic rings. The Balaban J connectivity index is 1.87. The lowest BCUT2D eigenvalue weighted by Crippen LogP contribution is -2.44. The third kappa shape index (κ3) is 2.54. The Morgan fingerprint density at radius 1 is 1.30 bits per heavy atom. The van der Waals surface area contributed by atoms with Crippen molar-refractivity contribution in [3.63, 3.8) is 0 Å². The van der Waals surface area contributed by atoms with Crippen LogP contribution in [0.1, 0.15) is 19.3 Å². The molecule has 5 heteroatoms. The number of piperidine rings is 1. The number of benzene rings is 1. The Labute approximate surface area is 121 Å². The van der Waals surface area contributed by atoms with Gasteiger partial charge in [0.25, 0.3) is 0 Å². The van der Waals surface area contributed by atoms with Gasteiger partial charge in [0.2, 0.25) is 0 Å². The van der Waals surface area contributed by atoms with Crippen LogP contribution in [0.15, 0.2) is 35.7 Å². The van der Waals surface area contributed by atoms with Crippen molar-refractivity contribution in [3.05, 3.63) is 35.7 Å². The Morgan fingerprint density at radius 2 is 2.10 bits per heavy atom. The van der Waals surface area contributed by atoms with E-state index in [2.05, 4.69) is 4.98 Å². The first-order chi connectivity index (χ1) is 9.75. The van der Waals surface area contributed by atoms with Crippen LogP contribution >= 0.6 is 11.3 Å². The van der Waals surface area contributed by atoms with E-state index in [0.717, 1.165) is 35.8 Å². The summed E-state index contributed by atoms with van der Waals surface area (Å²) in [7, 11) is 0. The zero-order chi connectivity index (χ0) is 13.9. The Bertz CT molecular complexity index is 597. The van der Waals surface area contributed by atoms with Crippen LogP contribution < -0.4 is 4.90 Å². The van der Waals surface area contributed by atoms with Crippen molar-refractivity contribution >= 4 is 22.4 Å². The molecule has 0 aliphatic carbocycles. The van der Waals surface area contributed by atoms with Crippen LogP contribution in [0, 0.1) is 0 Å². The van der Waals surface area contributed by atoms with Crippen molar-refractivity contribution in [2.45, 2.75) is 25.3 Å². The van der Waals surface area contributed by atoms with Gasteiger partial charge in [0, 0.05) is 17.5 Å². The molecule has 1 aromatic heterocycles. The maximum atomic E-state index is 11.4. The van der Waals surface area contributed by atoms with Crippen molar-refractivity contribution in [2.75, 3.05) is 11.4 Å². The van der Waals surface area contributed by atoms with E-state index in [4.69, 9.17) is 0 Å². The van der Waals surface area contributed by atoms with Crippen LogP contribution in [-0.2, 0) is 4.79 Å². The fraction of sp³-hybridized carbons (Fsp3) is 0.333. The first-order valence-electron chi connectivity index (χ1n) is 6.76. The highest BCUT2D eigenvalue weighted by Gasteiger charge is 2.30. The van der Waals surface area contributed by atoms with Crippen molar-refractivity contribution in [3.8, 4) is 11.3 Å². The standard InChI is InChI=1S/C15H16N2O2S/c18-14(19)13-8-4-5-9-17(13)15-16-12(10-20-15)11-6-2-1-3-7-11/h1-3,6-7,10,13H,4-5,8-9H2,(H,18,19). The molecule has 0 bridgehead atoms. The normalized spacial score (nSPS) is 19.0. The summed E-state index contributed by atoms with van der Waals surface area (Å²) in [5, 5.41) is 12.1. The van der Waals surface area contributed by atoms with E-state index in [0.29, 0.717) is 6.42 Å². The summed E-state index contributed by atoms with van der Waals surface area (Å²) < 4.78 is 0. The highest BCUT2D eigenvalue weighted by molar-refractivity contribution is 7.14. The summed E-state index contributed by atoms with van der Waals surface area (Å²) in [5.74, 6) is -0.749. The number of anilines is 1. The number of carboxylic acids is 1. The second kappa shape index (κ2) is 5.63. The molecule has 0 amide bonds. The molecule has 4 nitrogen and oxygen atoms in total. The second-order valence-corrected chi connectivity index (χ2v) is 5.76. The number of hydrogen-bond donors (Lipinski definition) is 1. The number of thiazole rings is 1. The molecule has 1 aromatic carbocycles. The van der Waals surface area contributed by atoms with E-state index < -0.39 is 12.0 Å². The molecule has 3 rings (SSSR count). The van der Waals surface area contributed by atoms with Gasteiger partial charge in [-0.25, -0.2) is 9.78 Å². The van der Waals surface area contributed by atoms with Crippen LogP contribution in [-0.4, -0.2) is 28.6 Å². The highest BCUT2D eigenvalue weighted by Crippen LogP contribution is 2.31. The van der Waals surface area contributed by atoms with Gasteiger partial charge in [-0.05, 0) is 19.3 Å². The molecule has 1 atom stereocenters. The quantitative estimate of drug-likeness (QED) is 0.942. The van der Waals surface area contributed by atoms with E-state index >= 15 is 0 Å². The number of nitrogens with zero attached hydrogens (tertiary/aromatic N) is 2. The Morgan fingerprint density at radius 3 is 2.85 bits per heavy atom. The molecule has 0 radical (unpaired) electrons. The molecule has 1 fully saturated rings. The summed E-state index contributed by atoms with van der Waals surface area (Å²) >= 11 is 1.52. The number of aliphatic carboxylic acids is 1. The average Bonchev–Trinajstić information content (AvgIpc) is 2.98. The largest absolute Gasteiger partial charge is 0.480 e. The van der Waals surface area contributed by atoms with Gasteiger partial charge in [-0.15, -0.1) is 11.3 Å². The maximum Gasteiger partial charge on any atom is 0.326 e. The van der Waals surface area contributed by atoms with Crippen LogP contribution in [0.5, 0.6) is 0 Å². The second-order valence-electron chi connectivity index (χ2n) is 4.92. The number of carboxylic acid groups (broad SMARTS) is 1. The topological polar surface area (TPSA) is 53.4 Å². The molecule has 1 unspecified atom stereocenters. The highest BCUT2D eigenvalue weighted by atomic mass is 32.1. The van der Waals surface area contributed by atoms with Gasteiger partial charge in [-0.2, -0.15) is 0 Å². The van der Waals surface area contributed by atoms with Crippen molar-refractivity contribution < 1.29 is 9.90 Å². The lowest BCUT2D eigenvalue weighted by molar-refractivity contribution is -0.139. The first kappa shape index (κ1) is 13.1. The van der Waals surface area contributed by atoms with Crippen molar-refractivity contribution in [1.82, 2.24) is 4.98 Å². The van der Waals surface area contributed by atoms with Crippen molar-refractivity contribution in [1.29, 1.82) is 0 Å². The molecule has 1 saturated heterocycles. The predicted molar refractivity (Wildman–Crippen MR) is 80.2 cm³/mol. The smallest absolute Gasteiger partial charge is 0.326 e. The van der Waals surface area contributed by atoms with Gasteiger partial charge in [-0.1, -0.05) is 30.3 Å². The molecule has 2 heterocycles. The van der Waals surface area contributed by atoms with E-state index in [1.54, 1.807) is 0 Å². The van der Waals surface area contributed by atoms with Crippen molar-refractivity contribution in [2.24, 2.45) is 0 Å². The average molecular weight is 288 g/mol. The zero-order valence-electron chi connectivity index (χ0n) is 11.0. The summed E-state index contributed by atoms with van der Waals surface area (Å²) in [6, 6.07) is 9.54. The van der Waals surface area contributed by atoms with Gasteiger partial charge in [-0.3, -0.25) is 0 Å². The Hall–Kier alpha value is -1.88.